The molecular weight excluding hydrogens is 297 g/mol. The van der Waals surface area contributed by atoms with Crippen molar-refractivity contribution in [3.05, 3.63) is 34.3 Å². The lowest BCUT2D eigenvalue weighted by Crippen LogP contribution is -2.22. The van der Waals surface area contributed by atoms with Gasteiger partial charge in [0.25, 0.3) is 0 Å². The third-order valence-electron chi connectivity index (χ3n) is 2.53. The monoisotopic (exact) mass is 317 g/mol. The van der Waals surface area contributed by atoms with E-state index in [9.17, 15) is 0 Å². The molecule has 0 heterocycles. The van der Waals surface area contributed by atoms with Gasteiger partial charge in [-0.1, -0.05) is 49.2 Å². The zero-order chi connectivity index (χ0) is 15.0. The minimum Gasteiger partial charge on any atom is -0.490 e. The molecule has 0 aliphatic carbocycles. The van der Waals surface area contributed by atoms with Gasteiger partial charge in [-0.15, -0.1) is 0 Å². The Morgan fingerprint density at radius 1 is 1.35 bits per heavy atom. The molecule has 0 fully saturated rings. The molecule has 0 spiro atoms. The zero-order valence-electron chi connectivity index (χ0n) is 12.1. The summed E-state index contributed by atoms with van der Waals surface area (Å²) >= 11 is 11.4. The molecule has 3 nitrogen and oxygen atoms in total. The van der Waals surface area contributed by atoms with Gasteiger partial charge in [-0.3, -0.25) is 0 Å². The molecule has 0 aliphatic rings. The molecule has 0 radical (unpaired) electrons. The summed E-state index contributed by atoms with van der Waals surface area (Å²) in [6.07, 6.45) is 0. The molecular formula is C15H21Cl2NO2. The van der Waals surface area contributed by atoms with E-state index in [1.807, 2.05) is 25.1 Å². The Kier molecular flexibility index (Phi) is 7.82. The Hall–Kier alpha value is -0.900. The second-order valence-electron chi connectivity index (χ2n) is 4.56. The van der Waals surface area contributed by atoms with Crippen LogP contribution >= 0.6 is 23.2 Å². The molecule has 20 heavy (non-hydrogen) atoms. The van der Waals surface area contributed by atoms with Crippen molar-refractivity contribution in [2.75, 3.05) is 13.2 Å². The van der Waals surface area contributed by atoms with Crippen LogP contribution in [0.4, 0.5) is 0 Å². The SMILES string of the molecule is CCOc1cccc(CNC(C)C)c1OCC(Cl)=CCl. The largest absolute Gasteiger partial charge is 0.490 e. The predicted octanol–water partition coefficient (Wildman–Crippen LogP) is 4.28. The Morgan fingerprint density at radius 3 is 2.70 bits per heavy atom. The standard InChI is InChI=1S/C15H21Cl2NO2/c1-4-19-14-7-5-6-12(9-18-11(2)3)15(14)20-10-13(17)8-16/h5-8,11,18H,4,9-10H2,1-3H3. The summed E-state index contributed by atoms with van der Waals surface area (Å²) in [6.45, 7) is 7.64. The highest BCUT2D eigenvalue weighted by atomic mass is 35.5. The topological polar surface area (TPSA) is 30.5 Å². The molecule has 0 amide bonds. The summed E-state index contributed by atoms with van der Waals surface area (Å²) in [6, 6.07) is 6.24. The van der Waals surface area contributed by atoms with Crippen molar-refractivity contribution in [2.45, 2.75) is 33.4 Å². The van der Waals surface area contributed by atoms with Gasteiger partial charge in [0.15, 0.2) is 11.5 Å². The fourth-order valence-corrected chi connectivity index (χ4v) is 1.74. The number of halogens is 2. The lowest BCUT2D eigenvalue weighted by molar-refractivity contribution is 0.292. The Balaban J connectivity index is 2.93. The number of benzene rings is 1. The van der Waals surface area contributed by atoms with Gasteiger partial charge in [0.1, 0.15) is 6.61 Å². The van der Waals surface area contributed by atoms with Crippen molar-refractivity contribution in [2.24, 2.45) is 0 Å². The molecule has 0 saturated heterocycles. The maximum atomic E-state index is 5.87. The molecule has 0 atom stereocenters. The van der Waals surface area contributed by atoms with E-state index in [1.165, 1.54) is 5.54 Å². The number of rotatable bonds is 8. The maximum absolute atomic E-state index is 5.87. The number of nitrogens with one attached hydrogen (secondary N) is 1. The van der Waals surface area contributed by atoms with Crippen LogP contribution in [-0.2, 0) is 6.54 Å². The van der Waals surface area contributed by atoms with Crippen LogP contribution in [-0.4, -0.2) is 19.3 Å². The minimum absolute atomic E-state index is 0.226. The van der Waals surface area contributed by atoms with Gasteiger partial charge in [-0.2, -0.15) is 0 Å². The molecule has 0 aliphatic heterocycles. The van der Waals surface area contributed by atoms with Crippen LogP contribution in [0.2, 0.25) is 0 Å². The Labute approximate surface area is 130 Å². The quantitative estimate of drug-likeness (QED) is 0.776. The first-order chi connectivity index (χ1) is 9.58. The third kappa shape index (κ3) is 5.61. The molecule has 5 heteroatoms. The predicted molar refractivity (Wildman–Crippen MR) is 84.9 cm³/mol. The van der Waals surface area contributed by atoms with Gasteiger partial charge in [0.2, 0.25) is 0 Å². The van der Waals surface area contributed by atoms with Crippen LogP contribution in [0.5, 0.6) is 11.5 Å². The highest BCUT2D eigenvalue weighted by Gasteiger charge is 2.12. The van der Waals surface area contributed by atoms with Gasteiger partial charge in [-0.25, -0.2) is 0 Å². The zero-order valence-corrected chi connectivity index (χ0v) is 13.6. The third-order valence-corrected chi connectivity index (χ3v) is 3.13. The highest BCUT2D eigenvalue weighted by molar-refractivity contribution is 6.36. The Morgan fingerprint density at radius 2 is 2.10 bits per heavy atom. The van der Waals surface area contributed by atoms with E-state index in [4.69, 9.17) is 32.7 Å². The molecule has 0 unspecified atom stereocenters. The molecule has 1 aromatic carbocycles. The number of hydrogen-bond acceptors (Lipinski definition) is 3. The van der Waals surface area contributed by atoms with E-state index < -0.39 is 0 Å². The smallest absolute Gasteiger partial charge is 0.166 e. The van der Waals surface area contributed by atoms with E-state index in [0.717, 1.165) is 11.3 Å². The van der Waals surface area contributed by atoms with Crippen molar-refractivity contribution in [1.82, 2.24) is 5.32 Å². The average Bonchev–Trinajstić information content (AvgIpc) is 2.43. The van der Waals surface area contributed by atoms with Gasteiger partial charge in [0.05, 0.1) is 11.6 Å². The van der Waals surface area contributed by atoms with E-state index >= 15 is 0 Å². The first-order valence-electron chi connectivity index (χ1n) is 6.64. The van der Waals surface area contributed by atoms with Gasteiger partial charge in [-0.05, 0) is 13.0 Å². The van der Waals surface area contributed by atoms with Crippen molar-refractivity contribution in [1.29, 1.82) is 0 Å². The van der Waals surface area contributed by atoms with Crippen LogP contribution < -0.4 is 14.8 Å². The fourth-order valence-electron chi connectivity index (χ4n) is 1.62. The van der Waals surface area contributed by atoms with Crippen LogP contribution in [0.1, 0.15) is 26.3 Å². The summed E-state index contributed by atoms with van der Waals surface area (Å²) in [5.41, 5.74) is 2.33. The second-order valence-corrected chi connectivity index (χ2v) is 5.26. The van der Waals surface area contributed by atoms with Gasteiger partial charge in [0, 0.05) is 23.7 Å². The molecule has 0 aromatic heterocycles. The van der Waals surface area contributed by atoms with Crippen LogP contribution in [0, 0.1) is 0 Å². The first-order valence-corrected chi connectivity index (χ1v) is 7.45. The van der Waals surface area contributed by atoms with Crippen LogP contribution in [0.25, 0.3) is 0 Å². The summed E-state index contributed by atoms with van der Waals surface area (Å²) in [5.74, 6) is 1.42. The maximum Gasteiger partial charge on any atom is 0.166 e. The van der Waals surface area contributed by atoms with Crippen molar-refractivity contribution in [3.63, 3.8) is 0 Å². The lowest BCUT2D eigenvalue weighted by Gasteiger charge is -2.17. The summed E-state index contributed by atoms with van der Waals surface area (Å²) in [4.78, 5) is 0. The molecule has 112 valence electrons. The van der Waals surface area contributed by atoms with Crippen molar-refractivity contribution < 1.29 is 9.47 Å². The minimum atomic E-state index is 0.226. The lowest BCUT2D eigenvalue weighted by atomic mass is 10.1. The molecule has 0 saturated carbocycles. The molecule has 1 N–H and O–H groups in total. The number of para-hydroxylation sites is 1. The average molecular weight is 318 g/mol. The number of hydrogen-bond donors (Lipinski definition) is 1. The summed E-state index contributed by atoms with van der Waals surface area (Å²) < 4.78 is 11.4. The number of ether oxygens (including phenoxy) is 2. The van der Waals surface area contributed by atoms with Gasteiger partial charge < -0.3 is 14.8 Å². The van der Waals surface area contributed by atoms with Crippen molar-refractivity contribution >= 4 is 23.2 Å². The van der Waals surface area contributed by atoms with E-state index in [-0.39, 0.29) is 6.61 Å². The summed E-state index contributed by atoms with van der Waals surface area (Å²) in [5, 5.41) is 3.81. The molecule has 0 bridgehead atoms. The second kappa shape index (κ2) is 9.11. The van der Waals surface area contributed by atoms with Crippen molar-refractivity contribution in [3.8, 4) is 11.5 Å². The van der Waals surface area contributed by atoms with Crippen LogP contribution in [0.3, 0.4) is 0 Å². The summed E-state index contributed by atoms with van der Waals surface area (Å²) in [7, 11) is 0. The Bertz CT molecular complexity index is 447. The normalized spacial score (nSPS) is 11.8. The van der Waals surface area contributed by atoms with Crippen LogP contribution in [0.15, 0.2) is 28.8 Å². The van der Waals surface area contributed by atoms with E-state index in [0.29, 0.717) is 30.0 Å². The fraction of sp³-hybridized carbons (Fsp3) is 0.467. The van der Waals surface area contributed by atoms with Gasteiger partial charge >= 0.3 is 0 Å². The van der Waals surface area contributed by atoms with E-state index in [1.54, 1.807) is 0 Å². The molecule has 1 aromatic rings. The highest BCUT2D eigenvalue weighted by Crippen LogP contribution is 2.32. The first kappa shape index (κ1) is 17.2. The molecule has 1 rings (SSSR count). The van der Waals surface area contributed by atoms with E-state index in [2.05, 4.69) is 19.2 Å².